The molecule has 0 bridgehead atoms. The molecule has 0 aromatic carbocycles. The number of nitrogens with zero attached hydrogens (tertiary/aromatic N) is 3. The van der Waals surface area contributed by atoms with E-state index in [9.17, 15) is 9.59 Å². The maximum atomic E-state index is 12.2. The van der Waals surface area contributed by atoms with E-state index in [-0.39, 0.29) is 17.6 Å². The minimum Gasteiger partial charge on any atom is -0.465 e. The van der Waals surface area contributed by atoms with E-state index in [1.165, 1.54) is 25.4 Å². The molecule has 7 heteroatoms. The average molecular weight is 302 g/mol. The summed E-state index contributed by atoms with van der Waals surface area (Å²) in [5, 5.41) is 7.01. The first-order chi connectivity index (χ1) is 10.4. The summed E-state index contributed by atoms with van der Waals surface area (Å²) in [4.78, 5) is 27.5. The zero-order chi connectivity index (χ0) is 16.3. The number of amides is 1. The highest BCUT2D eigenvalue weighted by molar-refractivity contribution is 5.94. The number of ether oxygens (including phenoxy) is 1. The molecule has 7 nitrogen and oxygen atoms in total. The van der Waals surface area contributed by atoms with Crippen LogP contribution in [0.5, 0.6) is 0 Å². The smallest absolute Gasteiger partial charge is 0.339 e. The van der Waals surface area contributed by atoms with E-state index in [4.69, 9.17) is 0 Å². The van der Waals surface area contributed by atoms with Gasteiger partial charge in [-0.25, -0.2) is 4.79 Å². The molecule has 2 aromatic rings. The number of carbonyl (C=O) groups is 2. The van der Waals surface area contributed by atoms with Crippen LogP contribution in [0.15, 0.2) is 24.5 Å². The van der Waals surface area contributed by atoms with Crippen molar-refractivity contribution in [1.29, 1.82) is 0 Å². The third-order valence-electron chi connectivity index (χ3n) is 3.50. The van der Waals surface area contributed by atoms with Crippen molar-refractivity contribution >= 4 is 11.9 Å². The third-order valence-corrected chi connectivity index (χ3v) is 3.50. The van der Waals surface area contributed by atoms with Crippen LogP contribution in [0.4, 0.5) is 0 Å². The molecule has 1 atom stereocenters. The minimum atomic E-state index is -0.487. The van der Waals surface area contributed by atoms with Gasteiger partial charge in [-0.2, -0.15) is 5.10 Å². The molecule has 1 amide bonds. The Morgan fingerprint density at radius 2 is 2.05 bits per heavy atom. The zero-order valence-corrected chi connectivity index (χ0v) is 13.0. The molecule has 0 saturated heterocycles. The van der Waals surface area contributed by atoms with Crippen molar-refractivity contribution in [1.82, 2.24) is 20.1 Å². The molecular weight excluding hydrogens is 284 g/mol. The molecule has 0 aliphatic carbocycles. The molecule has 0 unspecified atom stereocenters. The molecule has 0 aliphatic rings. The first-order valence-electron chi connectivity index (χ1n) is 6.77. The molecular formula is C15H18N4O3. The van der Waals surface area contributed by atoms with E-state index >= 15 is 0 Å². The van der Waals surface area contributed by atoms with E-state index in [1.807, 2.05) is 20.9 Å². The normalized spacial score (nSPS) is 11.8. The van der Waals surface area contributed by atoms with Gasteiger partial charge >= 0.3 is 5.97 Å². The second kappa shape index (κ2) is 6.38. The second-order valence-corrected chi connectivity index (χ2v) is 4.93. The van der Waals surface area contributed by atoms with E-state index in [0.717, 1.165) is 11.3 Å². The predicted molar refractivity (Wildman–Crippen MR) is 79.4 cm³/mol. The highest BCUT2D eigenvalue weighted by atomic mass is 16.5. The molecule has 0 fully saturated rings. The number of carbonyl (C=O) groups excluding carboxylic acids is 2. The van der Waals surface area contributed by atoms with Gasteiger partial charge < -0.3 is 10.1 Å². The van der Waals surface area contributed by atoms with E-state index in [1.54, 1.807) is 10.9 Å². The van der Waals surface area contributed by atoms with E-state index in [0.29, 0.717) is 5.56 Å². The predicted octanol–water partition coefficient (Wildman–Crippen LogP) is 1.40. The summed E-state index contributed by atoms with van der Waals surface area (Å²) in [5.41, 5.74) is 2.47. The van der Waals surface area contributed by atoms with Crippen molar-refractivity contribution in [2.75, 3.05) is 7.11 Å². The average Bonchev–Trinajstić information content (AvgIpc) is 2.86. The van der Waals surface area contributed by atoms with Gasteiger partial charge in [0, 0.05) is 24.5 Å². The SMILES string of the molecule is COC(=O)c1ccc(C(=O)N[C@H](C)c2cnn(C)c2C)nc1. The van der Waals surface area contributed by atoms with Crippen LogP contribution < -0.4 is 5.32 Å². The Labute approximate surface area is 128 Å². The van der Waals surface area contributed by atoms with Gasteiger partial charge in [-0.1, -0.05) is 0 Å². The number of aryl methyl sites for hydroxylation is 1. The van der Waals surface area contributed by atoms with Crippen LogP contribution in [0.2, 0.25) is 0 Å². The third kappa shape index (κ3) is 3.13. The van der Waals surface area contributed by atoms with Gasteiger partial charge in [-0.05, 0) is 26.0 Å². The summed E-state index contributed by atoms with van der Waals surface area (Å²) in [7, 11) is 3.14. The van der Waals surface area contributed by atoms with Crippen molar-refractivity contribution in [2.24, 2.45) is 7.05 Å². The number of methoxy groups -OCH3 is 1. The Bertz CT molecular complexity index is 691. The molecule has 116 valence electrons. The lowest BCUT2D eigenvalue weighted by molar-refractivity contribution is 0.0599. The number of rotatable bonds is 4. The molecule has 2 rings (SSSR count). The van der Waals surface area contributed by atoms with Gasteiger partial charge in [0.1, 0.15) is 5.69 Å². The van der Waals surface area contributed by atoms with Crippen LogP contribution in [0, 0.1) is 6.92 Å². The summed E-state index contributed by atoms with van der Waals surface area (Å²) in [6.45, 7) is 3.82. The highest BCUT2D eigenvalue weighted by Gasteiger charge is 2.16. The first-order valence-corrected chi connectivity index (χ1v) is 6.77. The largest absolute Gasteiger partial charge is 0.465 e. The fourth-order valence-corrected chi connectivity index (χ4v) is 2.06. The monoisotopic (exact) mass is 302 g/mol. The second-order valence-electron chi connectivity index (χ2n) is 4.93. The first kappa shape index (κ1) is 15.7. The number of nitrogens with one attached hydrogen (secondary N) is 1. The van der Waals surface area contributed by atoms with Gasteiger partial charge in [0.25, 0.3) is 5.91 Å². The molecule has 2 aromatic heterocycles. The van der Waals surface area contributed by atoms with Crippen LogP contribution in [0.25, 0.3) is 0 Å². The van der Waals surface area contributed by atoms with Crippen molar-refractivity contribution in [3.63, 3.8) is 0 Å². The fraction of sp³-hybridized carbons (Fsp3) is 0.333. The summed E-state index contributed by atoms with van der Waals surface area (Å²) in [6.07, 6.45) is 3.05. The lowest BCUT2D eigenvalue weighted by Crippen LogP contribution is -2.27. The topological polar surface area (TPSA) is 86.1 Å². The lowest BCUT2D eigenvalue weighted by Gasteiger charge is -2.13. The Balaban J connectivity index is 2.09. The van der Waals surface area contributed by atoms with E-state index < -0.39 is 5.97 Å². The zero-order valence-electron chi connectivity index (χ0n) is 13.0. The number of esters is 1. The van der Waals surface area contributed by atoms with Gasteiger partial charge in [0.2, 0.25) is 0 Å². The highest BCUT2D eigenvalue weighted by Crippen LogP contribution is 2.16. The van der Waals surface area contributed by atoms with Crippen molar-refractivity contribution in [2.45, 2.75) is 19.9 Å². The Morgan fingerprint density at radius 3 is 2.55 bits per heavy atom. The maximum Gasteiger partial charge on any atom is 0.339 e. The van der Waals surface area contributed by atoms with Gasteiger partial charge in [0.05, 0.1) is 24.9 Å². The number of hydrogen-bond donors (Lipinski definition) is 1. The van der Waals surface area contributed by atoms with Gasteiger partial charge in [-0.3, -0.25) is 14.5 Å². The fourth-order valence-electron chi connectivity index (χ4n) is 2.06. The standard InChI is InChI=1S/C15H18N4O3/c1-9(12-8-17-19(3)10(12)2)18-14(20)13-6-5-11(7-16-13)15(21)22-4/h5-9H,1-4H3,(H,18,20)/t9-/m1/s1. The van der Waals surface area contributed by atoms with Crippen LogP contribution >= 0.6 is 0 Å². The van der Waals surface area contributed by atoms with Gasteiger partial charge in [-0.15, -0.1) is 0 Å². The Hall–Kier alpha value is -2.70. The van der Waals surface area contributed by atoms with Crippen molar-refractivity contribution < 1.29 is 14.3 Å². The van der Waals surface area contributed by atoms with Crippen LogP contribution in [0.1, 0.15) is 45.1 Å². The van der Waals surface area contributed by atoms with Crippen LogP contribution in [-0.2, 0) is 11.8 Å². The van der Waals surface area contributed by atoms with Crippen molar-refractivity contribution in [3.05, 3.63) is 47.0 Å². The lowest BCUT2D eigenvalue weighted by atomic mass is 10.1. The van der Waals surface area contributed by atoms with Crippen LogP contribution in [0.3, 0.4) is 0 Å². The molecule has 22 heavy (non-hydrogen) atoms. The van der Waals surface area contributed by atoms with Crippen LogP contribution in [-0.4, -0.2) is 33.8 Å². The molecule has 0 radical (unpaired) electrons. The maximum absolute atomic E-state index is 12.2. The molecule has 1 N–H and O–H groups in total. The Morgan fingerprint density at radius 1 is 1.32 bits per heavy atom. The van der Waals surface area contributed by atoms with Crippen molar-refractivity contribution in [3.8, 4) is 0 Å². The summed E-state index contributed by atoms with van der Waals surface area (Å²) >= 11 is 0. The quantitative estimate of drug-likeness (QED) is 0.863. The molecule has 0 spiro atoms. The molecule has 0 aliphatic heterocycles. The minimum absolute atomic E-state index is 0.191. The number of pyridine rings is 1. The Kier molecular flexibility index (Phi) is 4.55. The summed E-state index contributed by atoms with van der Waals surface area (Å²) in [5.74, 6) is -0.800. The number of hydrogen-bond acceptors (Lipinski definition) is 5. The summed E-state index contributed by atoms with van der Waals surface area (Å²) in [6, 6.07) is 2.81. The van der Waals surface area contributed by atoms with Gasteiger partial charge in [0.15, 0.2) is 0 Å². The molecule has 2 heterocycles. The van der Waals surface area contributed by atoms with E-state index in [2.05, 4.69) is 20.1 Å². The number of aromatic nitrogens is 3. The summed E-state index contributed by atoms with van der Waals surface area (Å²) < 4.78 is 6.34. The molecule has 0 saturated carbocycles.